The van der Waals surface area contributed by atoms with Crippen molar-refractivity contribution in [2.75, 3.05) is 0 Å². The molecule has 0 aliphatic heterocycles. The molecule has 0 aromatic carbocycles. The van der Waals surface area contributed by atoms with Gasteiger partial charge in [0.15, 0.2) is 0 Å². The van der Waals surface area contributed by atoms with Gasteiger partial charge in [0.25, 0.3) is 0 Å². The monoisotopic (exact) mass is 705 g/mol. The number of unbranched alkanes of at least 4 members (excludes halogenated alkanes) is 27. The van der Waals surface area contributed by atoms with Gasteiger partial charge in [0.05, 0.1) is 12.0 Å². The maximum absolute atomic E-state index is 11.9. The van der Waals surface area contributed by atoms with Gasteiger partial charge in [0.2, 0.25) is 0 Å². The Hall–Kier alpha value is -0.900. The van der Waals surface area contributed by atoms with Crippen molar-refractivity contribution in [3.8, 4) is 0 Å². The van der Waals surface area contributed by atoms with Gasteiger partial charge in [-0.3, -0.25) is 9.59 Å². The number of Topliss-reactive ketones (excluding diaryl/α,β-unsaturated/α-hetero) is 1. The number of carboxylic acid groups (broad SMARTS) is 1. The lowest BCUT2D eigenvalue weighted by molar-refractivity contribution is -0.146. The molecule has 0 aromatic heterocycles. The van der Waals surface area contributed by atoms with Crippen LogP contribution in [0.3, 0.4) is 0 Å². The fourth-order valence-corrected chi connectivity index (χ4v) is 8.19. The number of carbonyl (C=O) groups is 2. The van der Waals surface area contributed by atoms with E-state index in [4.69, 9.17) is 5.11 Å². The van der Waals surface area contributed by atoms with E-state index >= 15 is 0 Å². The predicted molar refractivity (Wildman–Crippen MR) is 216 cm³/mol. The number of carbonyl (C=O) groups excluding carboxylic acids is 1. The van der Waals surface area contributed by atoms with Gasteiger partial charge in [-0.15, -0.1) is 0 Å². The van der Waals surface area contributed by atoms with Crippen LogP contribution in [0.5, 0.6) is 0 Å². The van der Waals surface area contributed by atoms with Gasteiger partial charge in [0.1, 0.15) is 5.78 Å². The minimum atomic E-state index is -0.862. The van der Waals surface area contributed by atoms with Crippen molar-refractivity contribution in [3.63, 3.8) is 0 Å². The fourth-order valence-electron chi connectivity index (χ4n) is 8.19. The Morgan fingerprint density at radius 1 is 0.500 bits per heavy atom. The normalized spacial score (nSPS) is 17.5. The van der Waals surface area contributed by atoms with Gasteiger partial charge in [-0.05, 0) is 43.9 Å². The highest BCUT2D eigenvalue weighted by Gasteiger charge is 2.35. The molecule has 4 heteroatoms. The molecular formula is C46H88O4. The maximum Gasteiger partial charge on any atom is 0.309 e. The number of hydrogen-bond acceptors (Lipinski definition) is 3. The first-order valence-corrected chi connectivity index (χ1v) is 22.8. The summed E-state index contributed by atoms with van der Waals surface area (Å²) < 4.78 is 0. The lowest BCUT2D eigenvalue weighted by Gasteiger charge is -2.17. The number of aliphatic carboxylic acids is 1. The molecule has 1 aliphatic carbocycles. The zero-order valence-electron chi connectivity index (χ0n) is 34.1. The molecular weight excluding hydrogens is 617 g/mol. The average molecular weight is 705 g/mol. The van der Waals surface area contributed by atoms with Gasteiger partial charge in [-0.2, -0.15) is 0 Å². The van der Waals surface area contributed by atoms with Crippen molar-refractivity contribution in [3.05, 3.63) is 0 Å². The lowest BCUT2D eigenvalue weighted by Crippen LogP contribution is -2.27. The van der Waals surface area contributed by atoms with Gasteiger partial charge in [0, 0.05) is 12.3 Å². The molecule has 3 unspecified atom stereocenters. The lowest BCUT2D eigenvalue weighted by atomic mass is 9.95. The predicted octanol–water partition coefficient (Wildman–Crippen LogP) is 14.6. The standard InChI is InChI=1S/C46H88O4/c1-4-40(3)44(47)37-33-29-25-21-17-13-9-7-6-8-11-15-19-23-27-31-35-41-39-42(41)36-32-28-24-20-16-12-10-14-18-22-26-30-34-38-45(48)43(5-2)46(49)50/h40-43,45,48H,4-39H2,1-3H3,(H,49,50)/t40?,41?,42?,43-,45-/m1/s1. The quantitative estimate of drug-likeness (QED) is 0.0623. The Kier molecular flexibility index (Phi) is 32.0. The zero-order valence-corrected chi connectivity index (χ0v) is 34.1. The van der Waals surface area contributed by atoms with Crippen molar-refractivity contribution < 1.29 is 19.8 Å². The minimum absolute atomic E-state index is 0.267. The van der Waals surface area contributed by atoms with Crippen LogP contribution in [0.15, 0.2) is 0 Å². The first-order valence-electron chi connectivity index (χ1n) is 22.8. The summed E-state index contributed by atoms with van der Waals surface area (Å²) in [6.07, 6.45) is 46.4. The van der Waals surface area contributed by atoms with Crippen LogP contribution in [-0.2, 0) is 9.59 Å². The van der Waals surface area contributed by atoms with E-state index in [2.05, 4.69) is 13.8 Å². The van der Waals surface area contributed by atoms with Crippen LogP contribution >= 0.6 is 0 Å². The van der Waals surface area contributed by atoms with Crippen LogP contribution < -0.4 is 0 Å². The molecule has 5 atom stereocenters. The van der Waals surface area contributed by atoms with E-state index in [1.807, 2.05) is 6.92 Å². The Morgan fingerprint density at radius 2 is 0.820 bits per heavy atom. The summed E-state index contributed by atoms with van der Waals surface area (Å²) in [5, 5.41) is 19.2. The molecule has 0 spiro atoms. The SMILES string of the molecule is CCC(C)C(=O)CCCCCCCCCCCCCCCCCCC1CC1CCCCCCCCCCCCCCC[C@@H](O)[C@@H](CC)C(=O)O. The first kappa shape index (κ1) is 47.1. The third kappa shape index (κ3) is 27.7. The fraction of sp³-hybridized carbons (Fsp3) is 0.957. The number of rotatable bonds is 40. The van der Waals surface area contributed by atoms with E-state index in [9.17, 15) is 14.7 Å². The number of aliphatic hydroxyl groups is 1. The van der Waals surface area contributed by atoms with Crippen molar-refractivity contribution in [2.45, 2.75) is 258 Å². The highest BCUT2D eigenvalue weighted by atomic mass is 16.4. The van der Waals surface area contributed by atoms with E-state index in [-0.39, 0.29) is 5.92 Å². The molecule has 50 heavy (non-hydrogen) atoms. The second kappa shape index (κ2) is 33.9. The summed E-state index contributed by atoms with van der Waals surface area (Å²) in [5.74, 6) is 1.44. The number of ketones is 1. The molecule has 0 saturated heterocycles. The Labute approximate surface area is 312 Å². The van der Waals surface area contributed by atoms with Crippen LogP contribution in [-0.4, -0.2) is 28.1 Å². The van der Waals surface area contributed by atoms with Gasteiger partial charge < -0.3 is 10.2 Å². The van der Waals surface area contributed by atoms with E-state index < -0.39 is 18.0 Å². The molecule has 0 radical (unpaired) electrons. The summed E-state index contributed by atoms with van der Waals surface area (Å²) >= 11 is 0. The van der Waals surface area contributed by atoms with Crippen molar-refractivity contribution in [2.24, 2.45) is 23.7 Å². The summed E-state index contributed by atoms with van der Waals surface area (Å²) in [6.45, 7) is 6.02. The Bertz CT molecular complexity index is 765. The summed E-state index contributed by atoms with van der Waals surface area (Å²) in [5.41, 5.74) is 0. The topological polar surface area (TPSA) is 74.6 Å². The highest BCUT2D eigenvalue weighted by molar-refractivity contribution is 5.80. The smallest absolute Gasteiger partial charge is 0.309 e. The maximum atomic E-state index is 11.9. The molecule has 0 bridgehead atoms. The van der Waals surface area contributed by atoms with Crippen molar-refractivity contribution in [1.29, 1.82) is 0 Å². The summed E-state index contributed by atoms with van der Waals surface area (Å²) in [7, 11) is 0. The van der Waals surface area contributed by atoms with E-state index in [1.54, 1.807) is 0 Å². The van der Waals surface area contributed by atoms with Crippen LogP contribution in [0.25, 0.3) is 0 Å². The molecule has 0 aromatic rings. The van der Waals surface area contributed by atoms with Crippen LogP contribution in [0, 0.1) is 23.7 Å². The zero-order chi connectivity index (χ0) is 36.5. The largest absolute Gasteiger partial charge is 0.481 e. The number of carboxylic acids is 1. The van der Waals surface area contributed by atoms with Gasteiger partial charge in [-0.1, -0.05) is 213 Å². The summed E-state index contributed by atoms with van der Waals surface area (Å²) in [4.78, 5) is 23.0. The van der Waals surface area contributed by atoms with Crippen LogP contribution in [0.4, 0.5) is 0 Å². The van der Waals surface area contributed by atoms with Crippen LogP contribution in [0.2, 0.25) is 0 Å². The third-order valence-electron chi connectivity index (χ3n) is 12.3. The van der Waals surface area contributed by atoms with E-state index in [0.717, 1.165) is 43.9 Å². The molecule has 1 saturated carbocycles. The molecule has 1 fully saturated rings. The van der Waals surface area contributed by atoms with Gasteiger partial charge in [-0.25, -0.2) is 0 Å². The number of hydrogen-bond donors (Lipinski definition) is 2. The molecule has 1 aliphatic rings. The number of aliphatic hydroxyl groups excluding tert-OH is 1. The highest BCUT2D eigenvalue weighted by Crippen LogP contribution is 2.45. The third-order valence-corrected chi connectivity index (χ3v) is 12.3. The molecule has 2 N–H and O–H groups in total. The molecule has 4 nitrogen and oxygen atoms in total. The molecule has 0 heterocycles. The molecule has 1 rings (SSSR count). The Morgan fingerprint density at radius 3 is 1.14 bits per heavy atom. The van der Waals surface area contributed by atoms with Crippen molar-refractivity contribution >= 4 is 11.8 Å². The average Bonchev–Trinajstić information content (AvgIpc) is 3.86. The second-order valence-electron chi connectivity index (χ2n) is 16.8. The van der Waals surface area contributed by atoms with Crippen LogP contribution in [0.1, 0.15) is 252 Å². The van der Waals surface area contributed by atoms with Gasteiger partial charge >= 0.3 is 5.97 Å². The Balaban J connectivity index is 1.71. The van der Waals surface area contributed by atoms with Crippen molar-refractivity contribution in [1.82, 2.24) is 0 Å². The molecule has 296 valence electrons. The van der Waals surface area contributed by atoms with E-state index in [0.29, 0.717) is 18.6 Å². The molecule has 0 amide bonds. The minimum Gasteiger partial charge on any atom is -0.481 e. The summed E-state index contributed by atoms with van der Waals surface area (Å²) in [6, 6.07) is 0. The second-order valence-corrected chi connectivity index (χ2v) is 16.8. The van der Waals surface area contributed by atoms with E-state index in [1.165, 1.54) is 186 Å². The first-order chi connectivity index (χ1) is 24.4.